The Morgan fingerprint density at radius 2 is 1.89 bits per heavy atom. The number of urea groups is 1. The van der Waals surface area contributed by atoms with Crippen LogP contribution in [-0.2, 0) is 21.7 Å². The molecule has 1 N–H and O–H groups in total. The van der Waals surface area contributed by atoms with E-state index in [1.54, 1.807) is 32.2 Å². The van der Waals surface area contributed by atoms with Crippen molar-refractivity contribution in [3.63, 3.8) is 0 Å². The molecule has 0 bridgehead atoms. The first-order chi connectivity index (χ1) is 13.2. The highest BCUT2D eigenvalue weighted by Crippen LogP contribution is 2.30. The number of nitrogens with zero attached hydrogens (tertiary/aromatic N) is 2. The Bertz CT molecular complexity index is 946. The average Bonchev–Trinajstić information content (AvgIpc) is 2.87. The Labute approximate surface area is 172 Å². The van der Waals surface area contributed by atoms with Crippen LogP contribution in [0.4, 0.5) is 4.79 Å². The molecule has 1 heterocycles. The summed E-state index contributed by atoms with van der Waals surface area (Å²) in [7, 11) is 1.67. The molecule has 7 heteroatoms. The first-order valence-corrected chi connectivity index (χ1v) is 9.70. The number of benzene rings is 2. The molecule has 4 amide bonds. The van der Waals surface area contributed by atoms with Gasteiger partial charge in [-0.15, -0.1) is 0 Å². The number of hydrogen-bond donors (Lipinski definition) is 1. The van der Waals surface area contributed by atoms with Gasteiger partial charge in [-0.2, -0.15) is 0 Å². The van der Waals surface area contributed by atoms with Gasteiger partial charge < -0.3 is 10.2 Å². The summed E-state index contributed by atoms with van der Waals surface area (Å²) in [5.74, 6) is -0.738. The molecule has 1 atom stereocenters. The number of rotatable bonds is 5. The molecular formula is C21H22BrN3O3. The Morgan fingerprint density at radius 1 is 1.18 bits per heavy atom. The number of aryl methyl sites for hydroxylation is 1. The third-order valence-electron chi connectivity index (χ3n) is 5.06. The highest BCUT2D eigenvalue weighted by Gasteiger charge is 2.49. The zero-order valence-corrected chi connectivity index (χ0v) is 17.6. The summed E-state index contributed by atoms with van der Waals surface area (Å²) in [5.41, 5.74) is 1.56. The molecule has 0 saturated carbocycles. The van der Waals surface area contributed by atoms with Crippen molar-refractivity contribution in [2.75, 3.05) is 13.6 Å². The van der Waals surface area contributed by atoms with Gasteiger partial charge in [0.05, 0.1) is 0 Å². The van der Waals surface area contributed by atoms with Gasteiger partial charge in [0.15, 0.2) is 0 Å². The molecule has 1 aliphatic rings. The first-order valence-electron chi connectivity index (χ1n) is 8.91. The van der Waals surface area contributed by atoms with Crippen molar-refractivity contribution in [2.45, 2.75) is 25.9 Å². The number of amides is 4. The van der Waals surface area contributed by atoms with Crippen molar-refractivity contribution in [3.05, 3.63) is 69.7 Å². The third kappa shape index (κ3) is 3.80. The number of nitrogens with one attached hydrogen (secondary N) is 1. The van der Waals surface area contributed by atoms with Crippen LogP contribution in [0.2, 0.25) is 0 Å². The van der Waals surface area contributed by atoms with Gasteiger partial charge in [-0.1, -0.05) is 52.3 Å². The summed E-state index contributed by atoms with van der Waals surface area (Å²) in [5, 5.41) is 2.72. The smallest absolute Gasteiger partial charge is 0.325 e. The molecule has 1 aliphatic heterocycles. The van der Waals surface area contributed by atoms with Crippen LogP contribution in [0.5, 0.6) is 0 Å². The summed E-state index contributed by atoms with van der Waals surface area (Å²) in [6.45, 7) is 3.75. The summed E-state index contributed by atoms with van der Waals surface area (Å²) >= 11 is 3.38. The van der Waals surface area contributed by atoms with Gasteiger partial charge in [0.2, 0.25) is 5.91 Å². The van der Waals surface area contributed by atoms with E-state index in [9.17, 15) is 14.4 Å². The minimum Gasteiger partial charge on any atom is -0.340 e. The monoisotopic (exact) mass is 443 g/mol. The largest absolute Gasteiger partial charge is 0.340 e. The molecule has 1 unspecified atom stereocenters. The topological polar surface area (TPSA) is 69.7 Å². The maximum Gasteiger partial charge on any atom is 0.325 e. The van der Waals surface area contributed by atoms with Gasteiger partial charge in [-0.25, -0.2) is 4.79 Å². The van der Waals surface area contributed by atoms with Crippen LogP contribution in [0.15, 0.2) is 53.0 Å². The Hall–Kier alpha value is -2.67. The lowest BCUT2D eigenvalue weighted by Gasteiger charge is -2.23. The second-order valence-corrected chi connectivity index (χ2v) is 8.05. The highest BCUT2D eigenvalue weighted by molar-refractivity contribution is 9.10. The van der Waals surface area contributed by atoms with E-state index >= 15 is 0 Å². The van der Waals surface area contributed by atoms with Gasteiger partial charge in [-0.05, 0) is 42.7 Å². The molecule has 0 aliphatic carbocycles. The fourth-order valence-corrected chi connectivity index (χ4v) is 3.62. The van der Waals surface area contributed by atoms with Crippen LogP contribution in [0, 0.1) is 6.92 Å². The van der Waals surface area contributed by atoms with Crippen molar-refractivity contribution >= 4 is 33.8 Å². The van der Waals surface area contributed by atoms with Crippen LogP contribution in [0.3, 0.4) is 0 Å². The molecule has 0 radical (unpaired) electrons. The van der Waals surface area contributed by atoms with Gasteiger partial charge in [0.25, 0.3) is 5.91 Å². The highest BCUT2D eigenvalue weighted by atomic mass is 79.9. The maximum absolute atomic E-state index is 13.0. The lowest BCUT2D eigenvalue weighted by atomic mass is 9.92. The van der Waals surface area contributed by atoms with Crippen molar-refractivity contribution < 1.29 is 14.4 Å². The number of imide groups is 1. The van der Waals surface area contributed by atoms with E-state index < -0.39 is 17.5 Å². The van der Waals surface area contributed by atoms with Crippen molar-refractivity contribution in [1.82, 2.24) is 15.1 Å². The molecule has 3 rings (SSSR count). The molecule has 1 saturated heterocycles. The van der Waals surface area contributed by atoms with E-state index in [1.165, 1.54) is 4.90 Å². The van der Waals surface area contributed by atoms with Crippen LogP contribution in [0.1, 0.15) is 23.6 Å². The number of likely N-dealkylation sites (N-methyl/N-ethyl adjacent to an activating group) is 1. The number of hydrogen-bond acceptors (Lipinski definition) is 3. The van der Waals surface area contributed by atoms with Crippen LogP contribution in [-0.4, -0.2) is 41.2 Å². The summed E-state index contributed by atoms with van der Waals surface area (Å²) in [6, 6.07) is 14.4. The van der Waals surface area contributed by atoms with Crippen molar-refractivity contribution in [2.24, 2.45) is 0 Å². The first kappa shape index (κ1) is 20.1. The molecule has 2 aromatic rings. The predicted molar refractivity (Wildman–Crippen MR) is 109 cm³/mol. The van der Waals surface area contributed by atoms with Gasteiger partial charge in [0.1, 0.15) is 12.1 Å². The fraction of sp³-hybridized carbons (Fsp3) is 0.286. The summed E-state index contributed by atoms with van der Waals surface area (Å²) in [4.78, 5) is 40.6. The molecule has 6 nitrogen and oxygen atoms in total. The molecule has 0 aromatic heterocycles. The maximum atomic E-state index is 13.0. The molecular weight excluding hydrogens is 422 g/mol. The zero-order chi connectivity index (χ0) is 20.5. The Morgan fingerprint density at radius 3 is 2.57 bits per heavy atom. The minimum atomic E-state index is -1.20. The van der Waals surface area contributed by atoms with Crippen molar-refractivity contribution in [1.29, 1.82) is 0 Å². The quantitative estimate of drug-likeness (QED) is 0.721. The summed E-state index contributed by atoms with van der Waals surface area (Å²) in [6.07, 6.45) is 0. The zero-order valence-electron chi connectivity index (χ0n) is 16.0. The number of carbonyl (C=O) groups excluding carboxylic acids is 3. The van der Waals surface area contributed by atoms with E-state index in [1.807, 2.05) is 37.3 Å². The van der Waals surface area contributed by atoms with E-state index in [4.69, 9.17) is 0 Å². The Balaban J connectivity index is 1.73. The van der Waals surface area contributed by atoms with Gasteiger partial charge in [0, 0.05) is 18.1 Å². The lowest BCUT2D eigenvalue weighted by Crippen LogP contribution is -2.43. The second-order valence-electron chi connectivity index (χ2n) is 7.13. The van der Waals surface area contributed by atoms with E-state index in [2.05, 4.69) is 21.2 Å². The molecule has 28 heavy (non-hydrogen) atoms. The third-order valence-corrected chi connectivity index (χ3v) is 5.56. The predicted octanol–water partition coefficient (Wildman–Crippen LogP) is 3.18. The summed E-state index contributed by atoms with van der Waals surface area (Å²) < 4.78 is 0.806. The van der Waals surface area contributed by atoms with Gasteiger partial charge >= 0.3 is 6.03 Å². The molecule has 1 fully saturated rings. The SMILES string of the molecule is Cc1ccccc1CN(C)C(=O)CN1C(=O)NC(C)(c2cccc(Br)c2)C1=O. The fourth-order valence-electron chi connectivity index (χ4n) is 3.22. The van der Waals surface area contributed by atoms with E-state index in [0.717, 1.165) is 20.5 Å². The molecule has 0 spiro atoms. The standard InChI is InChI=1S/C21H22BrN3O3/c1-14-7-4-5-8-15(14)12-24(3)18(26)13-25-19(27)21(2,23-20(25)28)16-9-6-10-17(22)11-16/h4-11H,12-13H2,1-3H3,(H,23,28). The van der Waals surface area contributed by atoms with Crippen molar-refractivity contribution in [3.8, 4) is 0 Å². The number of halogens is 1. The van der Waals surface area contributed by atoms with Crippen LogP contribution >= 0.6 is 15.9 Å². The lowest BCUT2D eigenvalue weighted by molar-refractivity contribution is -0.138. The molecule has 2 aromatic carbocycles. The van der Waals surface area contributed by atoms with Crippen LogP contribution in [0.25, 0.3) is 0 Å². The Kier molecular flexibility index (Phi) is 5.56. The normalized spacial score (nSPS) is 18.9. The molecule has 146 valence electrons. The van der Waals surface area contributed by atoms with E-state index in [-0.39, 0.29) is 12.5 Å². The van der Waals surface area contributed by atoms with Crippen LogP contribution < -0.4 is 5.32 Å². The van der Waals surface area contributed by atoms with E-state index in [0.29, 0.717) is 12.1 Å². The second kappa shape index (κ2) is 7.75. The average molecular weight is 444 g/mol. The number of carbonyl (C=O) groups is 3. The van der Waals surface area contributed by atoms with Gasteiger partial charge in [-0.3, -0.25) is 14.5 Å². The minimum absolute atomic E-state index is 0.295.